The highest BCUT2D eigenvalue weighted by molar-refractivity contribution is 6.04. The van der Waals surface area contributed by atoms with Crippen LogP contribution in [0.4, 0.5) is 16.0 Å². The number of nitrogens with zero attached hydrogens (tertiary/aromatic N) is 4. The molecule has 3 aliphatic heterocycles. The molecule has 2 aromatic rings. The molecule has 8 heteroatoms. The molecule has 1 aromatic carbocycles. The van der Waals surface area contributed by atoms with Crippen LogP contribution in [0.5, 0.6) is 0 Å². The number of hydrogen-bond donors (Lipinski definition) is 1. The van der Waals surface area contributed by atoms with E-state index < -0.39 is 5.82 Å². The number of carbonyl (C=O) groups excluding carboxylic acids is 1. The lowest BCUT2D eigenvalue weighted by Crippen LogP contribution is -2.38. The maximum Gasteiger partial charge on any atom is 0.255 e. The first-order valence-electron chi connectivity index (χ1n) is 8.57. The number of anilines is 2. The number of piperidine rings is 1. The third-order valence-electron chi connectivity index (χ3n) is 4.89. The van der Waals surface area contributed by atoms with Gasteiger partial charge in [0, 0.05) is 37.8 Å². The first kappa shape index (κ1) is 18.5. The number of nitrogens with one attached hydrogen (secondary N) is 1. The minimum atomic E-state index is -0.439. The van der Waals surface area contributed by atoms with Crippen LogP contribution in [0.1, 0.15) is 23.2 Å². The summed E-state index contributed by atoms with van der Waals surface area (Å²) in [6.45, 7) is 4.25. The van der Waals surface area contributed by atoms with Crippen LogP contribution in [0, 0.1) is 5.82 Å². The van der Waals surface area contributed by atoms with E-state index in [9.17, 15) is 9.18 Å². The van der Waals surface area contributed by atoms with E-state index in [1.165, 1.54) is 18.2 Å². The summed E-state index contributed by atoms with van der Waals surface area (Å²) in [6.07, 6.45) is 5.50. The zero-order valence-corrected chi connectivity index (χ0v) is 15.1. The zero-order valence-electron chi connectivity index (χ0n) is 14.3. The standard InChI is InChI=1S/C18H20FN5O.ClH/c19-14-3-1-2-13(10-14)17(25)22-15-11-20-18(21-12-15)24-9-8-23-6-4-16(24)5-7-23;/h1-3,10-12,16H,4-9H2,(H,22,25);1H. The molecular formula is C18H21ClFN5O. The van der Waals surface area contributed by atoms with Crippen LogP contribution >= 0.6 is 12.4 Å². The molecule has 2 bridgehead atoms. The van der Waals surface area contributed by atoms with Crippen molar-refractivity contribution in [3.63, 3.8) is 0 Å². The van der Waals surface area contributed by atoms with Crippen molar-refractivity contribution in [2.24, 2.45) is 0 Å². The van der Waals surface area contributed by atoms with E-state index in [0.29, 0.717) is 17.7 Å². The van der Waals surface area contributed by atoms with Gasteiger partial charge in [-0.25, -0.2) is 14.4 Å². The maximum absolute atomic E-state index is 13.2. The molecular weight excluding hydrogens is 357 g/mol. The zero-order chi connectivity index (χ0) is 17.2. The molecule has 5 rings (SSSR count). The Hall–Kier alpha value is -2.25. The van der Waals surface area contributed by atoms with Gasteiger partial charge in [-0.05, 0) is 31.0 Å². The fourth-order valence-corrected chi connectivity index (χ4v) is 3.52. The summed E-state index contributed by atoms with van der Waals surface area (Å²) in [7, 11) is 0. The molecule has 3 fully saturated rings. The Morgan fingerprint density at radius 2 is 1.85 bits per heavy atom. The highest BCUT2D eigenvalue weighted by Gasteiger charge is 2.30. The summed E-state index contributed by atoms with van der Waals surface area (Å²) in [5.41, 5.74) is 0.767. The molecule has 6 nitrogen and oxygen atoms in total. The summed E-state index contributed by atoms with van der Waals surface area (Å²) in [6, 6.07) is 6.07. The highest BCUT2D eigenvalue weighted by Crippen LogP contribution is 2.24. The van der Waals surface area contributed by atoms with Crippen LogP contribution in [-0.2, 0) is 0 Å². The van der Waals surface area contributed by atoms with Crippen molar-refractivity contribution in [2.75, 3.05) is 36.4 Å². The van der Waals surface area contributed by atoms with Gasteiger partial charge in [0.1, 0.15) is 5.82 Å². The van der Waals surface area contributed by atoms with Gasteiger partial charge in [-0.3, -0.25) is 4.79 Å². The Bertz CT molecular complexity index is 764. The number of hydrogen-bond acceptors (Lipinski definition) is 5. The minimum Gasteiger partial charge on any atom is -0.336 e. The number of fused-ring (bicyclic) bond motifs is 4. The van der Waals surface area contributed by atoms with Crippen LogP contribution in [-0.4, -0.2) is 53.0 Å². The molecule has 1 N–H and O–H groups in total. The average molecular weight is 378 g/mol. The highest BCUT2D eigenvalue weighted by atomic mass is 35.5. The molecule has 0 aliphatic carbocycles. The summed E-state index contributed by atoms with van der Waals surface area (Å²) in [5, 5.41) is 2.70. The number of amides is 1. The van der Waals surface area contributed by atoms with E-state index in [4.69, 9.17) is 0 Å². The fraction of sp³-hybridized carbons (Fsp3) is 0.389. The summed E-state index contributed by atoms with van der Waals surface area (Å²) in [5.74, 6) is -0.111. The Morgan fingerprint density at radius 3 is 2.54 bits per heavy atom. The summed E-state index contributed by atoms with van der Waals surface area (Å²) < 4.78 is 13.2. The van der Waals surface area contributed by atoms with Crippen molar-refractivity contribution < 1.29 is 9.18 Å². The van der Waals surface area contributed by atoms with Gasteiger partial charge in [0.2, 0.25) is 5.95 Å². The lowest BCUT2D eigenvalue weighted by molar-refractivity contribution is 0.102. The van der Waals surface area contributed by atoms with E-state index in [1.807, 2.05) is 0 Å². The lowest BCUT2D eigenvalue weighted by Gasteiger charge is -2.31. The van der Waals surface area contributed by atoms with Crippen LogP contribution in [0.15, 0.2) is 36.7 Å². The van der Waals surface area contributed by atoms with E-state index in [0.717, 1.165) is 39.0 Å². The number of halogens is 2. The normalized spacial score (nSPS) is 21.7. The van der Waals surface area contributed by atoms with E-state index in [2.05, 4.69) is 25.1 Å². The van der Waals surface area contributed by atoms with E-state index in [-0.39, 0.29) is 23.9 Å². The fourth-order valence-electron chi connectivity index (χ4n) is 3.52. The van der Waals surface area contributed by atoms with E-state index in [1.54, 1.807) is 18.5 Å². The number of benzene rings is 1. The van der Waals surface area contributed by atoms with Crippen molar-refractivity contribution >= 4 is 29.9 Å². The Kier molecular flexibility index (Phi) is 5.68. The summed E-state index contributed by atoms with van der Waals surface area (Å²) >= 11 is 0. The Morgan fingerprint density at radius 1 is 1.12 bits per heavy atom. The molecule has 3 saturated heterocycles. The molecule has 0 saturated carbocycles. The molecule has 0 unspecified atom stereocenters. The third-order valence-corrected chi connectivity index (χ3v) is 4.89. The van der Waals surface area contributed by atoms with Gasteiger partial charge < -0.3 is 15.1 Å². The molecule has 0 spiro atoms. The van der Waals surface area contributed by atoms with Gasteiger partial charge in [-0.1, -0.05) is 6.07 Å². The molecule has 1 amide bonds. The second kappa shape index (κ2) is 7.97. The van der Waals surface area contributed by atoms with Crippen LogP contribution in [0.2, 0.25) is 0 Å². The molecule has 0 radical (unpaired) electrons. The van der Waals surface area contributed by atoms with Gasteiger partial charge in [0.25, 0.3) is 5.91 Å². The van der Waals surface area contributed by atoms with Crippen LogP contribution in [0.3, 0.4) is 0 Å². The van der Waals surface area contributed by atoms with Crippen molar-refractivity contribution in [1.29, 1.82) is 0 Å². The predicted molar refractivity (Wildman–Crippen MR) is 100 cm³/mol. The van der Waals surface area contributed by atoms with Crippen molar-refractivity contribution in [1.82, 2.24) is 14.9 Å². The topological polar surface area (TPSA) is 61.4 Å². The maximum atomic E-state index is 13.2. The van der Waals surface area contributed by atoms with Gasteiger partial charge >= 0.3 is 0 Å². The second-order valence-corrected chi connectivity index (χ2v) is 6.50. The predicted octanol–water partition coefficient (Wildman–Crippen LogP) is 2.57. The molecule has 3 aliphatic rings. The quantitative estimate of drug-likeness (QED) is 0.890. The molecule has 1 aromatic heterocycles. The van der Waals surface area contributed by atoms with Gasteiger partial charge in [-0.15, -0.1) is 12.4 Å². The molecule has 138 valence electrons. The number of carbonyl (C=O) groups is 1. The monoisotopic (exact) mass is 377 g/mol. The van der Waals surface area contributed by atoms with Crippen LogP contribution in [0.25, 0.3) is 0 Å². The first-order chi connectivity index (χ1) is 12.2. The second-order valence-electron chi connectivity index (χ2n) is 6.50. The van der Waals surface area contributed by atoms with Gasteiger partial charge in [0.15, 0.2) is 0 Å². The van der Waals surface area contributed by atoms with Crippen molar-refractivity contribution in [2.45, 2.75) is 18.9 Å². The largest absolute Gasteiger partial charge is 0.336 e. The first-order valence-corrected chi connectivity index (χ1v) is 8.57. The van der Waals surface area contributed by atoms with E-state index >= 15 is 0 Å². The van der Waals surface area contributed by atoms with Crippen molar-refractivity contribution in [3.05, 3.63) is 48.0 Å². The molecule has 4 heterocycles. The minimum absolute atomic E-state index is 0. The third kappa shape index (κ3) is 3.94. The lowest BCUT2D eigenvalue weighted by atomic mass is 10.1. The summed E-state index contributed by atoms with van der Waals surface area (Å²) in [4.78, 5) is 25.8. The van der Waals surface area contributed by atoms with Gasteiger partial charge in [-0.2, -0.15) is 0 Å². The average Bonchev–Trinajstić information content (AvgIpc) is 2.96. The number of rotatable bonds is 3. The molecule has 26 heavy (non-hydrogen) atoms. The number of aromatic nitrogens is 2. The molecule has 0 atom stereocenters. The smallest absolute Gasteiger partial charge is 0.255 e. The Balaban J connectivity index is 0.00000196. The van der Waals surface area contributed by atoms with Crippen LogP contribution < -0.4 is 10.2 Å². The van der Waals surface area contributed by atoms with Crippen molar-refractivity contribution in [3.8, 4) is 0 Å². The Labute approximate surface area is 157 Å². The van der Waals surface area contributed by atoms with Gasteiger partial charge in [0.05, 0.1) is 18.1 Å². The SMILES string of the molecule is Cl.O=C(Nc1cnc(N2CCN3CCC2CC3)nc1)c1cccc(F)c1.